The van der Waals surface area contributed by atoms with E-state index in [9.17, 15) is 4.79 Å². The molecule has 1 fully saturated rings. The van der Waals surface area contributed by atoms with E-state index in [0.29, 0.717) is 5.92 Å². The number of hydrogen-bond donors (Lipinski definition) is 1. The fraction of sp³-hybridized carbons (Fsp3) is 0.889. The quantitative estimate of drug-likeness (QED) is 0.642. The molecule has 0 heterocycles. The minimum atomic E-state index is -0.575. The Hall–Kier alpha value is -0.465. The summed E-state index contributed by atoms with van der Waals surface area (Å²) in [6, 6.07) is 0. The normalized spacial score (nSPS) is 29.0. The van der Waals surface area contributed by atoms with Crippen LogP contribution in [0.1, 0.15) is 32.1 Å². The molecular formula is C9H17BO2. The van der Waals surface area contributed by atoms with Gasteiger partial charge in [0.2, 0.25) is 0 Å². The molecule has 0 saturated heterocycles. The second-order valence-corrected chi connectivity index (χ2v) is 3.78. The molecule has 12 heavy (non-hydrogen) atoms. The highest BCUT2D eigenvalue weighted by Gasteiger charge is 2.31. The van der Waals surface area contributed by atoms with Crippen molar-refractivity contribution in [2.45, 2.75) is 38.4 Å². The lowest BCUT2D eigenvalue weighted by atomic mass is 9.88. The highest BCUT2D eigenvalue weighted by molar-refractivity contribution is 6.08. The fourth-order valence-electron chi connectivity index (χ4n) is 2.17. The summed E-state index contributed by atoms with van der Waals surface area (Å²) in [6.07, 6.45) is 6.65. The summed E-state index contributed by atoms with van der Waals surface area (Å²) in [7, 11) is 2.16. The molecule has 0 radical (unpaired) electrons. The molecule has 1 rings (SSSR count). The van der Waals surface area contributed by atoms with Crippen molar-refractivity contribution in [3.8, 4) is 0 Å². The predicted octanol–water partition coefficient (Wildman–Crippen LogP) is 1.32. The molecule has 68 valence electrons. The van der Waals surface area contributed by atoms with Crippen LogP contribution < -0.4 is 0 Å². The van der Waals surface area contributed by atoms with Gasteiger partial charge in [-0.1, -0.05) is 25.6 Å². The number of carboxylic acids is 1. The molecule has 1 N–H and O–H groups in total. The molecule has 0 aromatic rings. The smallest absolute Gasteiger partial charge is 0.306 e. The van der Waals surface area contributed by atoms with Gasteiger partial charge in [0.05, 0.1) is 5.92 Å². The first-order valence-corrected chi connectivity index (χ1v) is 4.98. The summed E-state index contributed by atoms with van der Waals surface area (Å²) in [5.74, 6) is -0.132. The summed E-state index contributed by atoms with van der Waals surface area (Å²) >= 11 is 0. The maximum atomic E-state index is 10.8. The van der Waals surface area contributed by atoms with Gasteiger partial charge in [0, 0.05) is 0 Å². The van der Waals surface area contributed by atoms with Gasteiger partial charge in [-0.05, 0) is 18.8 Å². The lowest BCUT2D eigenvalue weighted by molar-refractivity contribution is -0.143. The van der Waals surface area contributed by atoms with E-state index in [2.05, 4.69) is 7.85 Å². The molecule has 1 aliphatic carbocycles. The topological polar surface area (TPSA) is 37.3 Å². The SMILES string of the molecule is BCCC[C@H]1CCC[C@H]1C(=O)O. The monoisotopic (exact) mass is 168 g/mol. The first-order chi connectivity index (χ1) is 5.75. The Kier molecular flexibility index (Phi) is 3.64. The molecule has 0 amide bonds. The molecule has 2 nitrogen and oxygen atoms in total. The molecule has 3 heteroatoms. The molecule has 0 aliphatic heterocycles. The molecule has 1 saturated carbocycles. The molecule has 1 aliphatic rings. The van der Waals surface area contributed by atoms with Crippen LogP contribution in [0.4, 0.5) is 0 Å². The van der Waals surface area contributed by atoms with Crippen molar-refractivity contribution in [1.29, 1.82) is 0 Å². The second kappa shape index (κ2) is 4.53. The number of aliphatic carboxylic acids is 1. The van der Waals surface area contributed by atoms with Gasteiger partial charge in [-0.3, -0.25) is 4.79 Å². The number of rotatable bonds is 4. The average Bonchev–Trinajstić information content (AvgIpc) is 2.48. The Bertz CT molecular complexity index is 159. The molecule has 0 aromatic carbocycles. The van der Waals surface area contributed by atoms with Crippen molar-refractivity contribution in [3.63, 3.8) is 0 Å². The van der Waals surface area contributed by atoms with E-state index in [1.54, 1.807) is 0 Å². The summed E-state index contributed by atoms with van der Waals surface area (Å²) in [5.41, 5.74) is 0. The van der Waals surface area contributed by atoms with Crippen LogP contribution in [0.25, 0.3) is 0 Å². The molecule has 0 aromatic heterocycles. The third-order valence-electron chi connectivity index (χ3n) is 2.90. The van der Waals surface area contributed by atoms with Gasteiger partial charge in [0.25, 0.3) is 0 Å². The maximum absolute atomic E-state index is 10.8. The van der Waals surface area contributed by atoms with Crippen LogP contribution in [-0.2, 0) is 4.79 Å². The van der Waals surface area contributed by atoms with E-state index < -0.39 is 5.97 Å². The third kappa shape index (κ3) is 2.26. The van der Waals surface area contributed by atoms with Crippen LogP contribution in [0.2, 0.25) is 6.32 Å². The number of carboxylic acid groups (broad SMARTS) is 1. The van der Waals surface area contributed by atoms with Crippen molar-refractivity contribution in [3.05, 3.63) is 0 Å². The Morgan fingerprint density at radius 3 is 2.83 bits per heavy atom. The highest BCUT2D eigenvalue weighted by atomic mass is 16.4. The Labute approximate surface area is 74.8 Å². The van der Waals surface area contributed by atoms with Gasteiger partial charge < -0.3 is 5.11 Å². The van der Waals surface area contributed by atoms with Gasteiger partial charge in [0.15, 0.2) is 0 Å². The van der Waals surface area contributed by atoms with E-state index in [4.69, 9.17) is 5.11 Å². The molecule has 0 spiro atoms. The van der Waals surface area contributed by atoms with E-state index in [1.165, 1.54) is 12.7 Å². The summed E-state index contributed by atoms with van der Waals surface area (Å²) in [4.78, 5) is 10.8. The van der Waals surface area contributed by atoms with Crippen molar-refractivity contribution in [2.24, 2.45) is 11.8 Å². The maximum Gasteiger partial charge on any atom is 0.306 e. The number of carbonyl (C=O) groups is 1. The van der Waals surface area contributed by atoms with Crippen molar-refractivity contribution < 1.29 is 9.90 Å². The minimum absolute atomic E-state index is 0.0310. The molecule has 2 atom stereocenters. The van der Waals surface area contributed by atoms with E-state index in [0.717, 1.165) is 25.7 Å². The van der Waals surface area contributed by atoms with E-state index in [-0.39, 0.29) is 5.92 Å². The van der Waals surface area contributed by atoms with Crippen LogP contribution in [0.15, 0.2) is 0 Å². The average molecular weight is 168 g/mol. The van der Waals surface area contributed by atoms with Gasteiger partial charge in [0.1, 0.15) is 7.85 Å². The van der Waals surface area contributed by atoms with Crippen LogP contribution in [-0.4, -0.2) is 18.9 Å². The van der Waals surface area contributed by atoms with Gasteiger partial charge in [-0.2, -0.15) is 0 Å². The Morgan fingerprint density at radius 1 is 1.50 bits per heavy atom. The summed E-state index contributed by atoms with van der Waals surface area (Å²) < 4.78 is 0. The standard InChI is InChI=1S/C9H17BO2/c10-6-2-4-7-3-1-5-8(7)9(11)12/h7-8H,1-6,10H2,(H,11,12)/t7-,8-/m1/s1. The van der Waals surface area contributed by atoms with Crippen molar-refractivity contribution in [2.75, 3.05) is 0 Å². The van der Waals surface area contributed by atoms with Crippen molar-refractivity contribution in [1.82, 2.24) is 0 Å². The molecule has 0 unspecified atom stereocenters. The Balaban J connectivity index is 2.35. The largest absolute Gasteiger partial charge is 0.481 e. The summed E-state index contributed by atoms with van der Waals surface area (Å²) in [5, 5.41) is 8.88. The second-order valence-electron chi connectivity index (χ2n) is 3.78. The molecular weight excluding hydrogens is 151 g/mol. The highest BCUT2D eigenvalue weighted by Crippen LogP contribution is 2.35. The van der Waals surface area contributed by atoms with Crippen LogP contribution in [0.3, 0.4) is 0 Å². The third-order valence-corrected chi connectivity index (χ3v) is 2.90. The van der Waals surface area contributed by atoms with Gasteiger partial charge in [-0.25, -0.2) is 0 Å². The van der Waals surface area contributed by atoms with Crippen molar-refractivity contribution >= 4 is 13.8 Å². The van der Waals surface area contributed by atoms with Gasteiger partial charge in [-0.15, -0.1) is 0 Å². The predicted molar refractivity (Wildman–Crippen MR) is 51.1 cm³/mol. The summed E-state index contributed by atoms with van der Waals surface area (Å²) in [6.45, 7) is 0. The van der Waals surface area contributed by atoms with Crippen LogP contribution in [0.5, 0.6) is 0 Å². The lowest BCUT2D eigenvalue weighted by Crippen LogP contribution is -2.18. The zero-order chi connectivity index (χ0) is 8.97. The van der Waals surface area contributed by atoms with E-state index in [1.807, 2.05) is 0 Å². The fourth-order valence-corrected chi connectivity index (χ4v) is 2.17. The van der Waals surface area contributed by atoms with Crippen LogP contribution in [0, 0.1) is 11.8 Å². The first kappa shape index (κ1) is 9.62. The molecule has 0 bridgehead atoms. The van der Waals surface area contributed by atoms with E-state index >= 15 is 0 Å². The Morgan fingerprint density at radius 2 is 2.25 bits per heavy atom. The zero-order valence-corrected chi connectivity index (χ0v) is 7.75. The van der Waals surface area contributed by atoms with Crippen LogP contribution >= 0.6 is 0 Å². The lowest BCUT2D eigenvalue weighted by Gasteiger charge is -2.14. The number of hydrogen-bond acceptors (Lipinski definition) is 1. The minimum Gasteiger partial charge on any atom is -0.481 e. The zero-order valence-electron chi connectivity index (χ0n) is 7.75. The van der Waals surface area contributed by atoms with Gasteiger partial charge >= 0.3 is 5.97 Å². The first-order valence-electron chi connectivity index (χ1n) is 4.98.